The summed E-state index contributed by atoms with van der Waals surface area (Å²) in [6.07, 6.45) is 1.79. The molecular formula is C20H22N4O3S2. The van der Waals surface area contributed by atoms with Crippen LogP contribution in [0.5, 0.6) is 0 Å². The minimum Gasteiger partial charge on any atom is -0.378 e. The Bertz CT molecular complexity index is 1170. The van der Waals surface area contributed by atoms with E-state index in [4.69, 9.17) is 0 Å². The van der Waals surface area contributed by atoms with Gasteiger partial charge in [0.05, 0.1) is 15.1 Å². The van der Waals surface area contributed by atoms with Gasteiger partial charge in [0.15, 0.2) is 5.13 Å². The lowest BCUT2D eigenvalue weighted by Gasteiger charge is -2.15. The fourth-order valence-corrected chi connectivity index (χ4v) is 5.81. The molecular weight excluding hydrogens is 408 g/mol. The summed E-state index contributed by atoms with van der Waals surface area (Å²) < 4.78 is 27.8. The third-order valence-corrected chi connectivity index (χ3v) is 7.74. The summed E-state index contributed by atoms with van der Waals surface area (Å²) in [6, 6.07) is 12.2. The molecule has 0 spiro atoms. The molecule has 0 atom stereocenters. The van der Waals surface area contributed by atoms with Gasteiger partial charge >= 0.3 is 0 Å². The molecule has 0 bridgehead atoms. The molecule has 9 heteroatoms. The number of benzene rings is 2. The van der Waals surface area contributed by atoms with E-state index in [1.54, 1.807) is 24.3 Å². The Morgan fingerprint density at radius 2 is 1.90 bits per heavy atom. The first kappa shape index (κ1) is 19.8. The number of aromatic nitrogens is 1. The van der Waals surface area contributed by atoms with E-state index in [1.165, 1.54) is 15.6 Å². The summed E-state index contributed by atoms with van der Waals surface area (Å²) in [5.41, 5.74) is 2.12. The van der Waals surface area contributed by atoms with Crippen LogP contribution < -0.4 is 10.2 Å². The summed E-state index contributed by atoms with van der Waals surface area (Å²) in [6.45, 7) is 1.13. The standard InChI is InChI=1S/C20H22N4O3S2/c1-23(2)15-7-5-6-14(12-15)19(25)22-20-21-17-9-8-16(13-18(17)28-20)29(26,27)24-10-3-4-11-24/h5-9,12-13H,3-4,10-11H2,1-2H3,(H,21,22,25). The Morgan fingerprint density at radius 3 is 2.62 bits per heavy atom. The van der Waals surface area contributed by atoms with Gasteiger partial charge in [-0.2, -0.15) is 4.31 Å². The molecule has 2 aromatic carbocycles. The van der Waals surface area contributed by atoms with E-state index in [0.717, 1.165) is 23.2 Å². The molecule has 4 rings (SSSR count). The monoisotopic (exact) mass is 430 g/mol. The first-order valence-electron chi connectivity index (χ1n) is 9.34. The number of carbonyl (C=O) groups excluding carboxylic acids is 1. The second kappa shape index (κ2) is 7.74. The van der Waals surface area contributed by atoms with Crippen LogP contribution in [0.3, 0.4) is 0 Å². The molecule has 2 heterocycles. The Labute approximate surface area is 174 Å². The second-order valence-electron chi connectivity index (χ2n) is 7.16. The van der Waals surface area contributed by atoms with Crippen LogP contribution in [-0.4, -0.2) is 50.8 Å². The number of hydrogen-bond acceptors (Lipinski definition) is 6. The van der Waals surface area contributed by atoms with Gasteiger partial charge in [-0.15, -0.1) is 0 Å². The third-order valence-electron chi connectivity index (χ3n) is 4.91. The van der Waals surface area contributed by atoms with Crippen LogP contribution in [0.25, 0.3) is 10.2 Å². The molecule has 1 aromatic heterocycles. The number of nitrogens with zero attached hydrogens (tertiary/aromatic N) is 3. The highest BCUT2D eigenvalue weighted by atomic mass is 32.2. The number of thiazole rings is 1. The predicted molar refractivity (Wildman–Crippen MR) is 116 cm³/mol. The van der Waals surface area contributed by atoms with Crippen molar-refractivity contribution in [2.75, 3.05) is 37.4 Å². The number of nitrogens with one attached hydrogen (secondary N) is 1. The molecule has 7 nitrogen and oxygen atoms in total. The van der Waals surface area contributed by atoms with E-state index in [9.17, 15) is 13.2 Å². The summed E-state index contributed by atoms with van der Waals surface area (Å²) in [7, 11) is 0.350. The lowest BCUT2D eigenvalue weighted by atomic mass is 10.2. The molecule has 1 aliphatic rings. The van der Waals surface area contributed by atoms with Gasteiger partial charge in [0.1, 0.15) is 0 Å². The number of sulfonamides is 1. The molecule has 1 saturated heterocycles. The molecule has 1 N–H and O–H groups in total. The van der Waals surface area contributed by atoms with E-state index in [2.05, 4.69) is 10.3 Å². The molecule has 1 fully saturated rings. The highest BCUT2D eigenvalue weighted by molar-refractivity contribution is 7.89. The summed E-state index contributed by atoms with van der Waals surface area (Å²) in [5, 5.41) is 3.26. The first-order valence-corrected chi connectivity index (χ1v) is 11.6. The van der Waals surface area contributed by atoms with Gasteiger partial charge in [-0.3, -0.25) is 10.1 Å². The van der Waals surface area contributed by atoms with Crippen LogP contribution in [0.4, 0.5) is 10.8 Å². The lowest BCUT2D eigenvalue weighted by molar-refractivity contribution is 0.102. The van der Waals surface area contributed by atoms with Gasteiger partial charge in [-0.05, 0) is 49.2 Å². The van der Waals surface area contributed by atoms with Crippen molar-refractivity contribution in [2.45, 2.75) is 17.7 Å². The fourth-order valence-electron chi connectivity index (χ4n) is 3.29. The minimum atomic E-state index is -3.48. The van der Waals surface area contributed by atoms with Crippen molar-refractivity contribution < 1.29 is 13.2 Å². The van der Waals surface area contributed by atoms with Gasteiger partial charge in [-0.1, -0.05) is 17.4 Å². The van der Waals surface area contributed by atoms with Gasteiger partial charge in [0, 0.05) is 38.4 Å². The van der Waals surface area contributed by atoms with Crippen LogP contribution in [-0.2, 0) is 10.0 Å². The van der Waals surface area contributed by atoms with Crippen molar-refractivity contribution in [1.29, 1.82) is 0 Å². The van der Waals surface area contributed by atoms with Crippen LogP contribution >= 0.6 is 11.3 Å². The van der Waals surface area contributed by atoms with E-state index < -0.39 is 10.0 Å². The van der Waals surface area contributed by atoms with Gasteiger partial charge in [-0.25, -0.2) is 13.4 Å². The fraction of sp³-hybridized carbons (Fsp3) is 0.300. The predicted octanol–water partition coefficient (Wildman–Crippen LogP) is 3.40. The lowest BCUT2D eigenvalue weighted by Crippen LogP contribution is -2.27. The van der Waals surface area contributed by atoms with Gasteiger partial charge in [0.2, 0.25) is 10.0 Å². The number of hydrogen-bond donors (Lipinski definition) is 1. The van der Waals surface area contributed by atoms with Crippen LogP contribution in [0.15, 0.2) is 47.4 Å². The maximum absolute atomic E-state index is 12.8. The maximum Gasteiger partial charge on any atom is 0.257 e. The molecule has 1 amide bonds. The molecule has 0 unspecified atom stereocenters. The van der Waals surface area contributed by atoms with Crippen molar-refractivity contribution in [1.82, 2.24) is 9.29 Å². The second-order valence-corrected chi connectivity index (χ2v) is 10.1. The Hall–Kier alpha value is -2.49. The summed E-state index contributed by atoms with van der Waals surface area (Å²) in [4.78, 5) is 19.2. The molecule has 29 heavy (non-hydrogen) atoms. The van der Waals surface area contributed by atoms with Crippen molar-refractivity contribution in [3.05, 3.63) is 48.0 Å². The highest BCUT2D eigenvalue weighted by Crippen LogP contribution is 2.30. The normalized spacial score (nSPS) is 15.0. The SMILES string of the molecule is CN(C)c1cccc(C(=O)Nc2nc3ccc(S(=O)(=O)N4CCCC4)cc3s2)c1. The molecule has 152 valence electrons. The van der Waals surface area contributed by atoms with Crippen LogP contribution in [0, 0.1) is 0 Å². The van der Waals surface area contributed by atoms with E-state index in [-0.39, 0.29) is 10.8 Å². The number of fused-ring (bicyclic) bond motifs is 1. The number of carbonyl (C=O) groups is 1. The number of amides is 1. The van der Waals surface area contributed by atoms with Gasteiger partial charge < -0.3 is 4.90 Å². The van der Waals surface area contributed by atoms with Crippen molar-refractivity contribution in [3.8, 4) is 0 Å². The number of anilines is 2. The van der Waals surface area contributed by atoms with Crippen molar-refractivity contribution in [3.63, 3.8) is 0 Å². The zero-order valence-electron chi connectivity index (χ0n) is 16.3. The summed E-state index contributed by atoms with van der Waals surface area (Å²) in [5.74, 6) is -0.252. The van der Waals surface area contributed by atoms with E-state index in [0.29, 0.717) is 29.3 Å². The Kier molecular flexibility index (Phi) is 5.28. The van der Waals surface area contributed by atoms with E-state index >= 15 is 0 Å². The Balaban J connectivity index is 1.58. The highest BCUT2D eigenvalue weighted by Gasteiger charge is 2.27. The quantitative estimate of drug-likeness (QED) is 0.671. The number of rotatable bonds is 5. The maximum atomic E-state index is 12.8. The topological polar surface area (TPSA) is 82.6 Å². The smallest absolute Gasteiger partial charge is 0.257 e. The molecule has 0 aliphatic carbocycles. The van der Waals surface area contributed by atoms with Crippen LogP contribution in [0.1, 0.15) is 23.2 Å². The third kappa shape index (κ3) is 3.98. The zero-order valence-corrected chi connectivity index (χ0v) is 17.9. The Morgan fingerprint density at radius 1 is 1.14 bits per heavy atom. The largest absolute Gasteiger partial charge is 0.378 e. The average Bonchev–Trinajstić information content (AvgIpc) is 3.37. The molecule has 0 saturated carbocycles. The zero-order chi connectivity index (χ0) is 20.6. The molecule has 3 aromatic rings. The average molecular weight is 431 g/mol. The molecule has 0 radical (unpaired) electrons. The van der Waals surface area contributed by atoms with Gasteiger partial charge in [0.25, 0.3) is 5.91 Å². The van der Waals surface area contributed by atoms with Crippen molar-refractivity contribution >= 4 is 48.3 Å². The van der Waals surface area contributed by atoms with Crippen LogP contribution in [0.2, 0.25) is 0 Å². The van der Waals surface area contributed by atoms with E-state index in [1.807, 2.05) is 37.2 Å². The first-order chi connectivity index (χ1) is 13.8. The minimum absolute atomic E-state index is 0.252. The summed E-state index contributed by atoms with van der Waals surface area (Å²) >= 11 is 1.27. The molecule has 1 aliphatic heterocycles. The van der Waals surface area contributed by atoms with Crippen molar-refractivity contribution in [2.24, 2.45) is 0 Å².